The summed E-state index contributed by atoms with van der Waals surface area (Å²) in [4.78, 5) is 12.2. The number of hydrogen-bond acceptors (Lipinski definition) is 1. The molecule has 0 saturated heterocycles. The number of hydrogen-bond donors (Lipinski definition) is 1. The lowest BCUT2D eigenvalue weighted by atomic mass is 10.1. The molecule has 2 atom stereocenters. The van der Waals surface area contributed by atoms with E-state index in [-0.39, 0.29) is 23.1 Å². The van der Waals surface area contributed by atoms with Crippen LogP contribution in [0.3, 0.4) is 0 Å². The average molecular weight is 284 g/mol. The lowest BCUT2D eigenvalue weighted by Gasteiger charge is -2.21. The molecule has 2 rings (SSSR count). The first-order valence-electron chi connectivity index (χ1n) is 6.79. The van der Waals surface area contributed by atoms with Crippen molar-refractivity contribution < 1.29 is 9.18 Å². The van der Waals surface area contributed by atoms with Crippen LogP contribution in [0.5, 0.6) is 0 Å². The largest absolute Gasteiger partial charge is 0.348 e. The van der Waals surface area contributed by atoms with E-state index in [9.17, 15) is 9.18 Å². The summed E-state index contributed by atoms with van der Waals surface area (Å²) in [6.45, 7) is 1.74. The molecule has 2 nitrogen and oxygen atoms in total. The van der Waals surface area contributed by atoms with Crippen LogP contribution in [0.4, 0.5) is 4.39 Å². The van der Waals surface area contributed by atoms with Gasteiger partial charge < -0.3 is 5.32 Å². The zero-order valence-electron chi connectivity index (χ0n) is 11.1. The number of nitrogens with one attached hydrogen (secondary N) is 1. The van der Waals surface area contributed by atoms with E-state index < -0.39 is 0 Å². The van der Waals surface area contributed by atoms with Crippen molar-refractivity contribution >= 4 is 17.5 Å². The molecule has 2 unspecified atom stereocenters. The highest BCUT2D eigenvalue weighted by atomic mass is 35.5. The highest BCUT2D eigenvalue weighted by Gasteiger charge is 2.24. The van der Waals surface area contributed by atoms with Crippen molar-refractivity contribution in [1.82, 2.24) is 5.32 Å². The van der Waals surface area contributed by atoms with Crippen LogP contribution in [0.1, 0.15) is 48.0 Å². The Morgan fingerprint density at radius 3 is 2.79 bits per heavy atom. The van der Waals surface area contributed by atoms with Crippen molar-refractivity contribution in [2.75, 3.05) is 0 Å². The van der Waals surface area contributed by atoms with Gasteiger partial charge in [0.05, 0.1) is 5.38 Å². The standard InChI is InChI=1S/C15H19ClFNO/c1-10-9-11(17)7-8-12(10)15(19)18-14-6-4-2-3-5-13(14)16/h7-9,13-14H,2-6H2,1H3,(H,18,19). The quantitative estimate of drug-likeness (QED) is 0.649. The number of carbonyl (C=O) groups is 1. The summed E-state index contributed by atoms with van der Waals surface area (Å²) >= 11 is 6.31. The summed E-state index contributed by atoms with van der Waals surface area (Å²) in [5, 5.41) is 2.98. The van der Waals surface area contributed by atoms with Gasteiger partial charge in [-0.05, 0) is 43.5 Å². The van der Waals surface area contributed by atoms with E-state index in [1.54, 1.807) is 6.92 Å². The molecule has 1 aliphatic carbocycles. The second kappa shape index (κ2) is 6.38. The summed E-state index contributed by atoms with van der Waals surface area (Å²) in [6, 6.07) is 4.23. The van der Waals surface area contributed by atoms with Crippen LogP contribution in [0.25, 0.3) is 0 Å². The molecule has 1 saturated carbocycles. The van der Waals surface area contributed by atoms with Gasteiger partial charge in [0.15, 0.2) is 0 Å². The maximum atomic E-state index is 13.0. The summed E-state index contributed by atoms with van der Waals surface area (Å²) in [7, 11) is 0. The first kappa shape index (κ1) is 14.3. The van der Waals surface area contributed by atoms with Gasteiger partial charge in [-0.25, -0.2) is 4.39 Å². The Balaban J connectivity index is 2.07. The van der Waals surface area contributed by atoms with Crippen molar-refractivity contribution in [1.29, 1.82) is 0 Å². The molecule has 1 fully saturated rings. The van der Waals surface area contributed by atoms with Crippen molar-refractivity contribution in [3.05, 3.63) is 35.1 Å². The normalized spacial score (nSPS) is 23.7. The minimum atomic E-state index is -0.321. The molecule has 104 valence electrons. The molecule has 0 bridgehead atoms. The Hall–Kier alpha value is -1.09. The number of halogens is 2. The SMILES string of the molecule is Cc1cc(F)ccc1C(=O)NC1CCCCCC1Cl. The van der Waals surface area contributed by atoms with E-state index >= 15 is 0 Å². The summed E-state index contributed by atoms with van der Waals surface area (Å²) in [5.74, 6) is -0.478. The molecule has 19 heavy (non-hydrogen) atoms. The van der Waals surface area contributed by atoms with Crippen molar-refractivity contribution in [3.63, 3.8) is 0 Å². The number of alkyl halides is 1. The summed E-state index contributed by atoms with van der Waals surface area (Å²) in [6.07, 6.45) is 5.24. The first-order valence-corrected chi connectivity index (χ1v) is 7.22. The first-order chi connectivity index (χ1) is 9.08. The third-order valence-electron chi connectivity index (χ3n) is 3.68. The molecular weight excluding hydrogens is 265 g/mol. The fraction of sp³-hybridized carbons (Fsp3) is 0.533. The number of aryl methyl sites for hydroxylation is 1. The van der Waals surface area contributed by atoms with Crippen molar-refractivity contribution in [2.45, 2.75) is 50.4 Å². The van der Waals surface area contributed by atoms with Gasteiger partial charge in [0.2, 0.25) is 0 Å². The molecule has 0 spiro atoms. The predicted molar refractivity (Wildman–Crippen MR) is 75.1 cm³/mol. The second-order valence-electron chi connectivity index (χ2n) is 5.19. The number of benzene rings is 1. The van der Waals surface area contributed by atoms with E-state index in [0.29, 0.717) is 11.1 Å². The van der Waals surface area contributed by atoms with Gasteiger partial charge in [0, 0.05) is 11.6 Å². The molecule has 0 aliphatic heterocycles. The van der Waals surface area contributed by atoms with E-state index in [4.69, 9.17) is 11.6 Å². The topological polar surface area (TPSA) is 29.1 Å². The van der Waals surface area contributed by atoms with Gasteiger partial charge in [-0.2, -0.15) is 0 Å². The molecule has 1 N–H and O–H groups in total. The fourth-order valence-corrected chi connectivity index (χ4v) is 2.90. The van der Waals surface area contributed by atoms with Gasteiger partial charge in [0.25, 0.3) is 5.91 Å². The Morgan fingerprint density at radius 1 is 1.32 bits per heavy atom. The van der Waals surface area contributed by atoms with E-state index in [2.05, 4.69) is 5.32 Å². The highest BCUT2D eigenvalue weighted by molar-refractivity contribution is 6.21. The number of amides is 1. The zero-order chi connectivity index (χ0) is 13.8. The predicted octanol–water partition coefficient (Wildman–Crippen LogP) is 3.80. The molecule has 0 heterocycles. The van der Waals surface area contributed by atoms with E-state index in [1.165, 1.54) is 24.6 Å². The van der Waals surface area contributed by atoms with Crippen LogP contribution in [0.2, 0.25) is 0 Å². The Morgan fingerprint density at radius 2 is 2.05 bits per heavy atom. The smallest absolute Gasteiger partial charge is 0.251 e. The molecule has 0 radical (unpaired) electrons. The Kier molecular flexibility index (Phi) is 4.81. The maximum Gasteiger partial charge on any atom is 0.251 e. The highest BCUT2D eigenvalue weighted by Crippen LogP contribution is 2.23. The van der Waals surface area contributed by atoms with Crippen LogP contribution in [-0.4, -0.2) is 17.3 Å². The van der Waals surface area contributed by atoms with Crippen LogP contribution >= 0.6 is 11.6 Å². The van der Waals surface area contributed by atoms with Gasteiger partial charge >= 0.3 is 0 Å². The molecule has 0 aromatic heterocycles. The van der Waals surface area contributed by atoms with Crippen LogP contribution in [0, 0.1) is 12.7 Å². The second-order valence-corrected chi connectivity index (χ2v) is 5.75. The molecule has 4 heteroatoms. The fourth-order valence-electron chi connectivity index (χ4n) is 2.55. The van der Waals surface area contributed by atoms with Gasteiger partial charge in [0.1, 0.15) is 5.82 Å². The summed E-state index contributed by atoms with van der Waals surface area (Å²) < 4.78 is 13.0. The van der Waals surface area contributed by atoms with Crippen molar-refractivity contribution in [3.8, 4) is 0 Å². The minimum absolute atomic E-state index is 0.00722. The minimum Gasteiger partial charge on any atom is -0.348 e. The van der Waals surface area contributed by atoms with Gasteiger partial charge in [-0.1, -0.05) is 19.3 Å². The molecule has 1 amide bonds. The third-order valence-corrected chi connectivity index (χ3v) is 4.20. The molecular formula is C15H19ClFNO. The summed E-state index contributed by atoms with van der Waals surface area (Å²) in [5.41, 5.74) is 1.17. The molecule has 1 aromatic rings. The Labute approximate surface area is 118 Å². The van der Waals surface area contributed by atoms with Gasteiger partial charge in [-0.3, -0.25) is 4.79 Å². The van der Waals surface area contributed by atoms with E-state index in [0.717, 1.165) is 25.7 Å². The van der Waals surface area contributed by atoms with Crippen LogP contribution in [-0.2, 0) is 0 Å². The van der Waals surface area contributed by atoms with Gasteiger partial charge in [-0.15, -0.1) is 11.6 Å². The lowest BCUT2D eigenvalue weighted by Crippen LogP contribution is -2.40. The maximum absolute atomic E-state index is 13.0. The lowest BCUT2D eigenvalue weighted by molar-refractivity contribution is 0.0933. The number of rotatable bonds is 2. The monoisotopic (exact) mass is 283 g/mol. The van der Waals surface area contributed by atoms with E-state index in [1.807, 2.05) is 0 Å². The third kappa shape index (κ3) is 3.69. The Bertz CT molecular complexity index is 463. The van der Waals surface area contributed by atoms with Crippen LogP contribution < -0.4 is 5.32 Å². The average Bonchev–Trinajstić information content (AvgIpc) is 2.55. The number of carbonyl (C=O) groups excluding carboxylic acids is 1. The zero-order valence-corrected chi connectivity index (χ0v) is 11.8. The van der Waals surface area contributed by atoms with Crippen LogP contribution in [0.15, 0.2) is 18.2 Å². The molecule has 1 aromatic carbocycles. The van der Waals surface area contributed by atoms with Crippen molar-refractivity contribution in [2.24, 2.45) is 0 Å². The molecule has 1 aliphatic rings.